The number of nitrogens with zero attached hydrogens (tertiary/aromatic N) is 2. The summed E-state index contributed by atoms with van der Waals surface area (Å²) < 4.78 is 0. The number of hydrogen-bond acceptors (Lipinski definition) is 8. The molecule has 24 heavy (non-hydrogen) atoms. The zero-order valence-corrected chi connectivity index (χ0v) is 18.1. The number of hydrogen-bond donors (Lipinski definition) is 2. The molecule has 0 aromatic carbocycles. The molecule has 0 aromatic rings. The standard InChI is InChI=1S/C16H34N4S4/c17-16(5-2-8-19-10-21-14-22-11-19)4-1-6-18-7-3-9-20-12-23-15-24-13-20/h16,18H,1-15,17H2. The Kier molecular flexibility index (Phi) is 12.8. The zero-order valence-electron chi connectivity index (χ0n) is 14.8. The van der Waals surface area contributed by atoms with E-state index in [2.05, 4.69) is 15.1 Å². The van der Waals surface area contributed by atoms with Gasteiger partial charge in [-0.1, -0.05) is 0 Å². The van der Waals surface area contributed by atoms with Gasteiger partial charge in [0.1, 0.15) is 0 Å². The fourth-order valence-electron chi connectivity index (χ4n) is 2.88. The molecule has 2 saturated heterocycles. The van der Waals surface area contributed by atoms with Crippen molar-refractivity contribution in [1.29, 1.82) is 0 Å². The van der Waals surface area contributed by atoms with Gasteiger partial charge in [0.25, 0.3) is 0 Å². The van der Waals surface area contributed by atoms with Gasteiger partial charge < -0.3 is 11.1 Å². The minimum absolute atomic E-state index is 0.388. The fourth-order valence-corrected chi connectivity index (χ4v) is 7.16. The highest BCUT2D eigenvalue weighted by atomic mass is 32.2. The third-order valence-electron chi connectivity index (χ3n) is 4.23. The van der Waals surface area contributed by atoms with Gasteiger partial charge in [-0.15, -0.1) is 47.0 Å². The monoisotopic (exact) mass is 410 g/mol. The largest absolute Gasteiger partial charge is 0.328 e. The lowest BCUT2D eigenvalue weighted by molar-refractivity contribution is 0.352. The highest BCUT2D eigenvalue weighted by molar-refractivity contribution is 8.16. The van der Waals surface area contributed by atoms with E-state index in [-0.39, 0.29) is 0 Å². The number of nitrogens with one attached hydrogen (secondary N) is 1. The summed E-state index contributed by atoms with van der Waals surface area (Å²) >= 11 is 8.16. The summed E-state index contributed by atoms with van der Waals surface area (Å²) in [6, 6.07) is 0.388. The molecule has 0 saturated carbocycles. The Morgan fingerprint density at radius 2 is 1.25 bits per heavy atom. The Balaban J connectivity index is 1.33. The lowest BCUT2D eigenvalue weighted by Gasteiger charge is -2.26. The van der Waals surface area contributed by atoms with Crippen molar-refractivity contribution in [3.05, 3.63) is 0 Å². The van der Waals surface area contributed by atoms with E-state index in [1.165, 1.54) is 72.4 Å². The molecule has 2 fully saturated rings. The highest BCUT2D eigenvalue weighted by Crippen LogP contribution is 2.22. The van der Waals surface area contributed by atoms with E-state index in [1.807, 2.05) is 47.0 Å². The summed E-state index contributed by atoms with van der Waals surface area (Å²) in [6.45, 7) is 4.72. The second-order valence-electron chi connectivity index (χ2n) is 6.51. The lowest BCUT2D eigenvalue weighted by atomic mass is 10.1. The Morgan fingerprint density at radius 3 is 1.88 bits per heavy atom. The third kappa shape index (κ3) is 10.4. The molecule has 1 unspecified atom stereocenters. The van der Waals surface area contributed by atoms with Gasteiger partial charge in [-0.3, -0.25) is 9.80 Å². The molecule has 0 spiro atoms. The third-order valence-corrected chi connectivity index (χ3v) is 9.09. The number of nitrogens with two attached hydrogens (primary N) is 1. The van der Waals surface area contributed by atoms with Crippen molar-refractivity contribution in [3.8, 4) is 0 Å². The van der Waals surface area contributed by atoms with Crippen LogP contribution in [-0.4, -0.2) is 75.7 Å². The first-order chi connectivity index (χ1) is 11.8. The minimum Gasteiger partial charge on any atom is -0.328 e. The van der Waals surface area contributed by atoms with Crippen molar-refractivity contribution in [2.24, 2.45) is 5.73 Å². The predicted molar refractivity (Wildman–Crippen MR) is 117 cm³/mol. The van der Waals surface area contributed by atoms with Crippen LogP contribution in [0.25, 0.3) is 0 Å². The second kappa shape index (κ2) is 14.3. The van der Waals surface area contributed by atoms with Crippen LogP contribution in [0, 0.1) is 0 Å². The second-order valence-corrected chi connectivity index (χ2v) is 11.1. The molecule has 0 aliphatic carbocycles. The van der Waals surface area contributed by atoms with Crippen molar-refractivity contribution in [2.75, 3.05) is 59.9 Å². The molecule has 0 amide bonds. The summed E-state index contributed by atoms with van der Waals surface area (Å²) in [6.07, 6.45) is 6.07. The maximum Gasteiger partial charge on any atom is 0.0460 e. The van der Waals surface area contributed by atoms with Crippen LogP contribution in [0.4, 0.5) is 0 Å². The molecule has 0 radical (unpaired) electrons. The van der Waals surface area contributed by atoms with Gasteiger partial charge in [0.15, 0.2) is 0 Å². The normalized spacial score (nSPS) is 21.9. The SMILES string of the molecule is NC(CCCNCCCN1CSCSC1)CCCN1CSCSC1. The number of thioether (sulfide) groups is 4. The Hall–Kier alpha value is 1.24. The molecule has 2 aliphatic rings. The zero-order chi connectivity index (χ0) is 16.9. The first-order valence-corrected chi connectivity index (χ1v) is 13.7. The Bertz CT molecular complexity index is 300. The van der Waals surface area contributed by atoms with Gasteiger partial charge in [0.05, 0.1) is 0 Å². The molecule has 0 bridgehead atoms. The van der Waals surface area contributed by atoms with Crippen molar-refractivity contribution < 1.29 is 0 Å². The Labute approximate surface area is 165 Å². The molecule has 8 heteroatoms. The first-order valence-electron chi connectivity index (χ1n) is 9.06. The highest BCUT2D eigenvalue weighted by Gasteiger charge is 2.11. The van der Waals surface area contributed by atoms with Gasteiger partial charge in [0.2, 0.25) is 0 Å². The first kappa shape index (κ1) is 21.5. The van der Waals surface area contributed by atoms with Crippen molar-refractivity contribution in [2.45, 2.75) is 38.1 Å². The van der Waals surface area contributed by atoms with Crippen LogP contribution in [-0.2, 0) is 0 Å². The molecule has 142 valence electrons. The summed E-state index contributed by atoms with van der Waals surface area (Å²) in [4.78, 5) is 5.10. The van der Waals surface area contributed by atoms with E-state index in [1.54, 1.807) is 0 Å². The van der Waals surface area contributed by atoms with E-state index >= 15 is 0 Å². The molecule has 4 nitrogen and oxygen atoms in total. The van der Waals surface area contributed by atoms with Gasteiger partial charge in [-0.25, -0.2) is 0 Å². The fraction of sp³-hybridized carbons (Fsp3) is 1.00. The van der Waals surface area contributed by atoms with Crippen LogP contribution < -0.4 is 11.1 Å². The van der Waals surface area contributed by atoms with E-state index in [4.69, 9.17) is 5.73 Å². The maximum atomic E-state index is 6.26. The molecule has 2 heterocycles. The van der Waals surface area contributed by atoms with Crippen molar-refractivity contribution in [3.63, 3.8) is 0 Å². The van der Waals surface area contributed by atoms with Gasteiger partial charge in [0, 0.05) is 46.3 Å². The molecule has 2 rings (SSSR count). The molecule has 2 aliphatic heterocycles. The van der Waals surface area contributed by atoms with Gasteiger partial charge in [-0.2, -0.15) is 0 Å². The van der Waals surface area contributed by atoms with Crippen LogP contribution >= 0.6 is 47.0 Å². The molecule has 3 N–H and O–H groups in total. The quantitative estimate of drug-likeness (QED) is 0.476. The molecule has 1 atom stereocenters. The summed E-state index contributed by atoms with van der Waals surface area (Å²) in [7, 11) is 0. The topological polar surface area (TPSA) is 44.5 Å². The molecule has 0 aromatic heterocycles. The van der Waals surface area contributed by atoms with E-state index in [0.717, 1.165) is 19.5 Å². The smallest absolute Gasteiger partial charge is 0.0460 e. The van der Waals surface area contributed by atoms with E-state index < -0.39 is 0 Å². The maximum absolute atomic E-state index is 6.26. The van der Waals surface area contributed by atoms with Crippen LogP contribution in [0.2, 0.25) is 0 Å². The molecular formula is C16H34N4S4. The summed E-state index contributed by atoms with van der Waals surface area (Å²) in [5.74, 6) is 4.86. The van der Waals surface area contributed by atoms with Gasteiger partial charge >= 0.3 is 0 Å². The lowest BCUT2D eigenvalue weighted by Crippen LogP contribution is -2.30. The van der Waals surface area contributed by atoms with Gasteiger partial charge in [-0.05, 0) is 51.7 Å². The minimum atomic E-state index is 0.388. The van der Waals surface area contributed by atoms with Crippen molar-refractivity contribution >= 4 is 47.0 Å². The molecular weight excluding hydrogens is 376 g/mol. The summed E-state index contributed by atoms with van der Waals surface area (Å²) in [5, 5.41) is 6.11. The predicted octanol–water partition coefficient (Wildman–Crippen LogP) is 3.16. The van der Waals surface area contributed by atoms with Crippen LogP contribution in [0.5, 0.6) is 0 Å². The van der Waals surface area contributed by atoms with Crippen LogP contribution in [0.15, 0.2) is 0 Å². The van der Waals surface area contributed by atoms with Crippen molar-refractivity contribution in [1.82, 2.24) is 15.1 Å². The Morgan fingerprint density at radius 1 is 0.750 bits per heavy atom. The van der Waals surface area contributed by atoms with Crippen LogP contribution in [0.3, 0.4) is 0 Å². The average Bonchev–Trinajstić information content (AvgIpc) is 2.63. The summed E-state index contributed by atoms with van der Waals surface area (Å²) in [5.41, 5.74) is 6.26. The van der Waals surface area contributed by atoms with E-state index in [9.17, 15) is 0 Å². The van der Waals surface area contributed by atoms with Crippen LogP contribution in [0.1, 0.15) is 32.1 Å². The average molecular weight is 411 g/mol. The van der Waals surface area contributed by atoms with E-state index in [0.29, 0.717) is 6.04 Å². The number of rotatable bonds is 12.